The van der Waals surface area contributed by atoms with Crippen LogP contribution in [0.4, 0.5) is 8.78 Å². The minimum atomic E-state index is -0.542. The summed E-state index contributed by atoms with van der Waals surface area (Å²) in [5.74, 6) is -1.63. The van der Waals surface area contributed by atoms with Crippen LogP contribution >= 0.6 is 0 Å². The van der Waals surface area contributed by atoms with Crippen LogP contribution in [0.25, 0.3) is 0 Å². The predicted octanol–water partition coefficient (Wildman–Crippen LogP) is 3.67. The van der Waals surface area contributed by atoms with Crippen LogP contribution in [0.3, 0.4) is 0 Å². The Kier molecular flexibility index (Phi) is 5.36. The number of carbonyl (C=O) groups is 2. The lowest BCUT2D eigenvalue weighted by Gasteiger charge is -2.05. The standard InChI is InChI=1S/C17H14F2O3/c18-14-6-4-13(5-7-14)16(20)8-9-17(21)22-11-12-2-1-3-15(19)10-12/h1-7,10H,8-9,11H2. The Morgan fingerprint density at radius 1 is 0.909 bits per heavy atom. The minimum absolute atomic E-state index is 0.0202. The third kappa shape index (κ3) is 4.77. The molecule has 0 saturated carbocycles. The molecule has 0 aliphatic heterocycles. The van der Waals surface area contributed by atoms with E-state index in [0.29, 0.717) is 11.1 Å². The van der Waals surface area contributed by atoms with Crippen LogP contribution in [-0.4, -0.2) is 11.8 Å². The fourth-order valence-electron chi connectivity index (χ4n) is 1.86. The highest BCUT2D eigenvalue weighted by atomic mass is 19.1. The van der Waals surface area contributed by atoms with Crippen LogP contribution in [0.15, 0.2) is 48.5 Å². The van der Waals surface area contributed by atoms with Gasteiger partial charge in [0.05, 0.1) is 6.42 Å². The highest BCUT2D eigenvalue weighted by molar-refractivity contribution is 5.97. The number of ether oxygens (including phenoxy) is 1. The molecular weight excluding hydrogens is 290 g/mol. The van der Waals surface area contributed by atoms with Crippen molar-refractivity contribution in [2.75, 3.05) is 0 Å². The van der Waals surface area contributed by atoms with Gasteiger partial charge in [0.1, 0.15) is 18.2 Å². The quantitative estimate of drug-likeness (QED) is 0.604. The molecule has 0 atom stereocenters. The second-order valence-electron chi connectivity index (χ2n) is 4.72. The largest absolute Gasteiger partial charge is 0.461 e. The molecule has 0 amide bonds. The molecule has 0 bridgehead atoms. The fraction of sp³-hybridized carbons (Fsp3) is 0.176. The van der Waals surface area contributed by atoms with Gasteiger partial charge in [0.15, 0.2) is 5.78 Å². The first-order valence-corrected chi connectivity index (χ1v) is 6.73. The van der Waals surface area contributed by atoms with E-state index in [-0.39, 0.29) is 25.2 Å². The smallest absolute Gasteiger partial charge is 0.306 e. The van der Waals surface area contributed by atoms with Crippen molar-refractivity contribution in [1.29, 1.82) is 0 Å². The lowest BCUT2D eigenvalue weighted by molar-refractivity contribution is -0.144. The number of hydrogen-bond acceptors (Lipinski definition) is 3. The fourth-order valence-corrected chi connectivity index (χ4v) is 1.86. The third-order valence-electron chi connectivity index (χ3n) is 3.01. The van der Waals surface area contributed by atoms with Crippen molar-refractivity contribution in [2.24, 2.45) is 0 Å². The summed E-state index contributed by atoms with van der Waals surface area (Å²) in [6.07, 6.45) is -0.0981. The topological polar surface area (TPSA) is 43.4 Å². The number of esters is 1. The molecule has 3 nitrogen and oxygen atoms in total. The maximum absolute atomic E-state index is 12.9. The lowest BCUT2D eigenvalue weighted by Crippen LogP contribution is -2.08. The maximum atomic E-state index is 12.9. The molecule has 0 fully saturated rings. The number of carbonyl (C=O) groups excluding carboxylic acids is 2. The van der Waals surface area contributed by atoms with Gasteiger partial charge in [-0.3, -0.25) is 9.59 Å². The second kappa shape index (κ2) is 7.45. The normalized spacial score (nSPS) is 10.3. The van der Waals surface area contributed by atoms with Gasteiger partial charge in [0.2, 0.25) is 0 Å². The van der Waals surface area contributed by atoms with Crippen molar-refractivity contribution < 1.29 is 23.1 Å². The zero-order valence-corrected chi connectivity index (χ0v) is 11.7. The third-order valence-corrected chi connectivity index (χ3v) is 3.01. The molecule has 22 heavy (non-hydrogen) atoms. The highest BCUT2D eigenvalue weighted by Gasteiger charge is 2.10. The Bertz CT molecular complexity index is 666. The summed E-state index contributed by atoms with van der Waals surface area (Å²) < 4.78 is 30.7. The van der Waals surface area contributed by atoms with Gasteiger partial charge in [-0.05, 0) is 42.0 Å². The van der Waals surface area contributed by atoms with Gasteiger partial charge in [-0.25, -0.2) is 8.78 Å². The number of benzene rings is 2. The van der Waals surface area contributed by atoms with E-state index in [4.69, 9.17) is 4.74 Å². The molecule has 5 heteroatoms. The van der Waals surface area contributed by atoms with E-state index in [2.05, 4.69) is 0 Å². The van der Waals surface area contributed by atoms with E-state index in [1.54, 1.807) is 6.07 Å². The first kappa shape index (κ1) is 15.8. The predicted molar refractivity (Wildman–Crippen MR) is 76.2 cm³/mol. The van der Waals surface area contributed by atoms with Crippen molar-refractivity contribution in [3.8, 4) is 0 Å². The molecule has 0 heterocycles. The van der Waals surface area contributed by atoms with E-state index in [1.807, 2.05) is 0 Å². The van der Waals surface area contributed by atoms with E-state index in [1.165, 1.54) is 42.5 Å². The van der Waals surface area contributed by atoms with E-state index in [0.717, 1.165) is 0 Å². The van der Waals surface area contributed by atoms with E-state index in [9.17, 15) is 18.4 Å². The van der Waals surface area contributed by atoms with Gasteiger partial charge >= 0.3 is 5.97 Å². The van der Waals surface area contributed by atoms with Gasteiger partial charge in [0, 0.05) is 12.0 Å². The molecule has 0 saturated heterocycles. The Morgan fingerprint density at radius 3 is 2.32 bits per heavy atom. The number of rotatable bonds is 6. The van der Waals surface area contributed by atoms with Crippen molar-refractivity contribution in [3.05, 3.63) is 71.3 Å². The number of hydrogen-bond donors (Lipinski definition) is 0. The van der Waals surface area contributed by atoms with Crippen LogP contribution in [0, 0.1) is 11.6 Å². The molecule has 0 aromatic heterocycles. The van der Waals surface area contributed by atoms with Crippen molar-refractivity contribution in [1.82, 2.24) is 0 Å². The molecular formula is C17H14F2O3. The Morgan fingerprint density at radius 2 is 1.64 bits per heavy atom. The molecule has 0 aliphatic rings. The zero-order chi connectivity index (χ0) is 15.9. The molecule has 2 aromatic rings. The Balaban J connectivity index is 1.78. The van der Waals surface area contributed by atoms with Gasteiger partial charge in [0.25, 0.3) is 0 Å². The SMILES string of the molecule is O=C(CCC(=O)c1ccc(F)cc1)OCc1cccc(F)c1. The summed E-state index contributed by atoms with van der Waals surface area (Å²) >= 11 is 0. The molecule has 0 radical (unpaired) electrons. The van der Waals surface area contributed by atoms with Gasteiger partial charge in [-0.2, -0.15) is 0 Å². The summed E-state index contributed by atoms with van der Waals surface area (Å²) in [6.45, 7) is -0.0403. The highest BCUT2D eigenvalue weighted by Crippen LogP contribution is 2.09. The molecule has 0 spiro atoms. The van der Waals surface area contributed by atoms with Gasteiger partial charge < -0.3 is 4.74 Å². The maximum Gasteiger partial charge on any atom is 0.306 e. The van der Waals surface area contributed by atoms with Gasteiger partial charge in [-0.1, -0.05) is 12.1 Å². The summed E-state index contributed by atoms with van der Waals surface area (Å²) in [4.78, 5) is 23.4. The molecule has 2 aromatic carbocycles. The molecule has 114 valence electrons. The average Bonchev–Trinajstić information content (AvgIpc) is 2.51. The summed E-state index contributed by atoms with van der Waals surface area (Å²) in [5, 5.41) is 0. The second-order valence-corrected chi connectivity index (χ2v) is 4.72. The monoisotopic (exact) mass is 304 g/mol. The Labute approximate surface area is 126 Å². The lowest BCUT2D eigenvalue weighted by atomic mass is 10.1. The molecule has 0 aliphatic carbocycles. The minimum Gasteiger partial charge on any atom is -0.461 e. The number of halogens is 2. The van der Waals surface area contributed by atoms with Crippen LogP contribution in [0.2, 0.25) is 0 Å². The van der Waals surface area contributed by atoms with Crippen LogP contribution in [-0.2, 0) is 16.1 Å². The van der Waals surface area contributed by atoms with Crippen molar-refractivity contribution >= 4 is 11.8 Å². The first-order chi connectivity index (χ1) is 10.5. The van der Waals surface area contributed by atoms with Crippen LogP contribution in [0.5, 0.6) is 0 Å². The van der Waals surface area contributed by atoms with Crippen LogP contribution < -0.4 is 0 Å². The van der Waals surface area contributed by atoms with Crippen molar-refractivity contribution in [2.45, 2.75) is 19.4 Å². The van der Waals surface area contributed by atoms with Gasteiger partial charge in [-0.15, -0.1) is 0 Å². The zero-order valence-electron chi connectivity index (χ0n) is 11.7. The molecule has 0 N–H and O–H groups in total. The molecule has 0 unspecified atom stereocenters. The summed E-state index contributed by atoms with van der Waals surface area (Å²) in [7, 11) is 0. The average molecular weight is 304 g/mol. The summed E-state index contributed by atoms with van der Waals surface area (Å²) in [6, 6.07) is 10.9. The number of ketones is 1. The first-order valence-electron chi connectivity index (χ1n) is 6.73. The summed E-state index contributed by atoms with van der Waals surface area (Å²) in [5.41, 5.74) is 0.887. The number of Topliss-reactive ketones (excluding diaryl/α,β-unsaturated/α-hetero) is 1. The Hall–Kier alpha value is -2.56. The van der Waals surface area contributed by atoms with Crippen LogP contribution in [0.1, 0.15) is 28.8 Å². The molecule has 2 rings (SSSR count). The van der Waals surface area contributed by atoms with E-state index < -0.39 is 17.6 Å². The van der Waals surface area contributed by atoms with Crippen molar-refractivity contribution in [3.63, 3.8) is 0 Å². The van der Waals surface area contributed by atoms with E-state index >= 15 is 0 Å².